The first kappa shape index (κ1) is 34.7. The first-order valence-corrected chi connectivity index (χ1v) is 17.1. The van der Waals surface area contributed by atoms with E-state index < -0.39 is 6.36 Å². The third kappa shape index (κ3) is 9.74. The normalized spacial score (nSPS) is 16.9. The molecule has 9 nitrogen and oxygen atoms in total. The number of carbonyl (C=O) groups is 1. The van der Waals surface area contributed by atoms with E-state index in [1.165, 1.54) is 44.2 Å². The number of carbonyl (C=O) groups excluding carboxylic acids is 1. The lowest BCUT2D eigenvalue weighted by molar-refractivity contribution is -0.274. The summed E-state index contributed by atoms with van der Waals surface area (Å²) in [5, 5.41) is 3.61. The van der Waals surface area contributed by atoms with E-state index in [9.17, 15) is 18.0 Å². The number of imidazole rings is 1. The monoisotopic (exact) mass is 679 g/mol. The zero-order valence-corrected chi connectivity index (χ0v) is 27.6. The molecule has 1 aliphatic carbocycles. The van der Waals surface area contributed by atoms with Crippen LogP contribution >= 0.6 is 0 Å². The molecule has 2 aliphatic rings. The number of halogens is 3. The number of hydrogen-bond acceptors (Lipinski definition) is 7. The molecule has 1 amide bonds. The van der Waals surface area contributed by atoms with Crippen LogP contribution in [0.3, 0.4) is 0 Å². The van der Waals surface area contributed by atoms with Crippen LogP contribution in [0, 0.1) is 5.92 Å². The second-order valence-electron chi connectivity index (χ2n) is 12.9. The Hall–Kier alpha value is -4.13. The molecule has 49 heavy (non-hydrogen) atoms. The van der Waals surface area contributed by atoms with Crippen LogP contribution in [0.1, 0.15) is 55.7 Å². The lowest BCUT2D eigenvalue weighted by atomic mass is 9.89. The average molecular weight is 680 g/mol. The highest BCUT2D eigenvalue weighted by molar-refractivity contribution is 5.82. The van der Waals surface area contributed by atoms with Gasteiger partial charge >= 0.3 is 6.36 Å². The summed E-state index contributed by atoms with van der Waals surface area (Å²) in [6, 6.07) is 19.4. The molecule has 2 fully saturated rings. The Morgan fingerprint density at radius 2 is 1.78 bits per heavy atom. The SMILES string of the molecule is NC(=O)CC(NCC1CCCCC1)c1ccc2c(c1)nc(-c1cccc(OCCN3CCOCC3)c1)n2Cc1ccc(OC(F)(F)F)cc1. The molecule has 0 radical (unpaired) electrons. The Bertz CT molecular complexity index is 1680. The Balaban J connectivity index is 1.29. The van der Waals surface area contributed by atoms with Crippen molar-refractivity contribution in [1.29, 1.82) is 0 Å². The molecule has 1 unspecified atom stereocenters. The number of nitrogens with zero attached hydrogens (tertiary/aromatic N) is 3. The first-order chi connectivity index (χ1) is 23.7. The van der Waals surface area contributed by atoms with Crippen LogP contribution in [0.4, 0.5) is 13.2 Å². The van der Waals surface area contributed by atoms with Gasteiger partial charge in [0.2, 0.25) is 5.91 Å². The van der Waals surface area contributed by atoms with E-state index in [1.807, 2.05) is 47.0 Å². The molecule has 262 valence electrons. The average Bonchev–Trinajstić information content (AvgIpc) is 3.45. The number of alkyl halides is 3. The third-order valence-electron chi connectivity index (χ3n) is 9.33. The molecule has 1 saturated carbocycles. The number of nitrogens with one attached hydrogen (secondary N) is 1. The molecule has 3 aromatic carbocycles. The Morgan fingerprint density at radius 3 is 2.51 bits per heavy atom. The smallest absolute Gasteiger partial charge is 0.492 e. The second kappa shape index (κ2) is 16.1. The van der Waals surface area contributed by atoms with E-state index in [2.05, 4.69) is 15.0 Å². The molecule has 6 rings (SSSR count). The van der Waals surface area contributed by atoms with Gasteiger partial charge in [-0.1, -0.05) is 49.6 Å². The third-order valence-corrected chi connectivity index (χ3v) is 9.33. The van der Waals surface area contributed by atoms with Crippen molar-refractivity contribution in [3.63, 3.8) is 0 Å². The number of primary amides is 1. The summed E-state index contributed by atoms with van der Waals surface area (Å²) in [7, 11) is 0. The summed E-state index contributed by atoms with van der Waals surface area (Å²) >= 11 is 0. The van der Waals surface area contributed by atoms with Gasteiger partial charge in [0, 0.05) is 44.2 Å². The quantitative estimate of drug-likeness (QED) is 0.158. The number of fused-ring (bicyclic) bond motifs is 1. The fraction of sp³-hybridized carbons (Fsp3) is 0.459. The number of nitrogens with two attached hydrogens (primary N) is 1. The van der Waals surface area contributed by atoms with Crippen molar-refractivity contribution in [2.75, 3.05) is 46.0 Å². The zero-order valence-electron chi connectivity index (χ0n) is 27.6. The molecule has 0 bridgehead atoms. The van der Waals surface area contributed by atoms with Crippen LogP contribution < -0.4 is 20.5 Å². The summed E-state index contributed by atoms with van der Waals surface area (Å²) in [5.41, 5.74) is 9.80. The first-order valence-electron chi connectivity index (χ1n) is 17.1. The number of amides is 1. The predicted octanol–water partition coefficient (Wildman–Crippen LogP) is 6.45. The van der Waals surface area contributed by atoms with Crippen LogP contribution in [-0.4, -0.2) is 72.7 Å². The molecule has 0 spiro atoms. The maximum absolute atomic E-state index is 12.8. The number of ether oxygens (including phenoxy) is 3. The van der Waals surface area contributed by atoms with Gasteiger partial charge in [-0.25, -0.2) is 4.98 Å². The highest BCUT2D eigenvalue weighted by atomic mass is 19.4. The summed E-state index contributed by atoms with van der Waals surface area (Å²) in [6.45, 7) is 5.72. The molecule has 1 saturated heterocycles. The highest BCUT2D eigenvalue weighted by Gasteiger charge is 2.31. The maximum atomic E-state index is 12.8. The molecule has 12 heteroatoms. The van der Waals surface area contributed by atoms with Gasteiger partial charge in [0.05, 0.1) is 24.2 Å². The number of morpholine rings is 1. The topological polar surface area (TPSA) is 104 Å². The van der Waals surface area contributed by atoms with Crippen LogP contribution in [-0.2, 0) is 16.1 Å². The number of hydrogen-bond donors (Lipinski definition) is 2. The fourth-order valence-electron chi connectivity index (χ4n) is 6.77. The van der Waals surface area contributed by atoms with Gasteiger partial charge in [0.15, 0.2) is 0 Å². The zero-order chi connectivity index (χ0) is 34.2. The fourth-order valence-corrected chi connectivity index (χ4v) is 6.77. The van der Waals surface area contributed by atoms with Crippen molar-refractivity contribution in [3.8, 4) is 22.9 Å². The number of benzene rings is 3. The molecule has 1 aromatic heterocycles. The van der Waals surface area contributed by atoms with Gasteiger partial charge in [0.25, 0.3) is 0 Å². The lowest BCUT2D eigenvalue weighted by Gasteiger charge is -2.26. The van der Waals surface area contributed by atoms with Crippen molar-refractivity contribution < 1.29 is 32.2 Å². The summed E-state index contributed by atoms with van der Waals surface area (Å²) in [5.74, 6) is 1.32. The number of rotatable bonds is 14. The molecular weight excluding hydrogens is 635 g/mol. The number of aromatic nitrogens is 2. The van der Waals surface area contributed by atoms with Crippen molar-refractivity contribution in [2.45, 2.75) is 57.5 Å². The van der Waals surface area contributed by atoms with Gasteiger partial charge in [0.1, 0.15) is 23.9 Å². The highest BCUT2D eigenvalue weighted by Crippen LogP contribution is 2.32. The summed E-state index contributed by atoms with van der Waals surface area (Å²) < 4.78 is 56.1. The van der Waals surface area contributed by atoms with Crippen LogP contribution in [0.15, 0.2) is 66.7 Å². The minimum absolute atomic E-state index is 0.169. The molecule has 1 atom stereocenters. The minimum atomic E-state index is -4.76. The van der Waals surface area contributed by atoms with Crippen molar-refractivity contribution in [3.05, 3.63) is 77.9 Å². The molecular formula is C37H44F3N5O4. The Kier molecular flexibility index (Phi) is 11.4. The van der Waals surface area contributed by atoms with Gasteiger partial charge < -0.3 is 29.8 Å². The van der Waals surface area contributed by atoms with Gasteiger partial charge in [-0.05, 0) is 72.8 Å². The van der Waals surface area contributed by atoms with Crippen LogP contribution in [0.2, 0.25) is 0 Å². The van der Waals surface area contributed by atoms with Gasteiger partial charge in [-0.15, -0.1) is 13.2 Å². The van der Waals surface area contributed by atoms with E-state index >= 15 is 0 Å². The molecule has 1 aliphatic heterocycles. The molecule has 4 aromatic rings. The lowest BCUT2D eigenvalue weighted by Crippen LogP contribution is -2.38. The predicted molar refractivity (Wildman–Crippen MR) is 181 cm³/mol. The Labute approximate surface area is 284 Å². The van der Waals surface area contributed by atoms with Crippen LogP contribution in [0.25, 0.3) is 22.4 Å². The van der Waals surface area contributed by atoms with Crippen molar-refractivity contribution >= 4 is 16.9 Å². The maximum Gasteiger partial charge on any atom is 0.573 e. The standard InChI is InChI=1S/C37H44F3N5O4/c38-37(39,40)49-30-12-9-27(10-13-30)25-45-34-14-11-28(32(23-35(41)46)42-24-26-5-2-1-3-6-26)22-33(34)43-36(45)29-7-4-8-31(21-29)48-20-17-44-15-18-47-19-16-44/h4,7-14,21-22,26,32,42H,1-3,5-6,15-20,23-25H2,(H2,41,46). The van der Waals surface area contributed by atoms with Crippen LogP contribution in [0.5, 0.6) is 11.5 Å². The summed E-state index contributed by atoms with van der Waals surface area (Å²) in [4.78, 5) is 19.5. The largest absolute Gasteiger partial charge is 0.573 e. The molecule has 3 N–H and O–H groups in total. The minimum Gasteiger partial charge on any atom is -0.492 e. The Morgan fingerprint density at radius 1 is 1.00 bits per heavy atom. The molecule has 2 heterocycles. The van der Waals surface area contributed by atoms with Gasteiger partial charge in [-0.2, -0.15) is 0 Å². The van der Waals surface area contributed by atoms with E-state index in [-0.39, 0.29) is 24.1 Å². The van der Waals surface area contributed by atoms with E-state index in [0.717, 1.165) is 67.1 Å². The van der Waals surface area contributed by atoms with Crippen molar-refractivity contribution in [2.24, 2.45) is 11.7 Å². The van der Waals surface area contributed by atoms with E-state index in [4.69, 9.17) is 20.2 Å². The van der Waals surface area contributed by atoms with Gasteiger partial charge in [-0.3, -0.25) is 9.69 Å². The van der Waals surface area contributed by atoms with E-state index in [1.54, 1.807) is 12.1 Å². The second-order valence-corrected chi connectivity index (χ2v) is 12.9. The van der Waals surface area contributed by atoms with Crippen molar-refractivity contribution in [1.82, 2.24) is 19.8 Å². The van der Waals surface area contributed by atoms with E-state index in [0.29, 0.717) is 30.6 Å². The summed E-state index contributed by atoms with van der Waals surface area (Å²) in [6.07, 6.45) is 1.51.